The molecule has 2 heterocycles. The quantitative estimate of drug-likeness (QED) is 0.450. The van der Waals surface area contributed by atoms with Crippen molar-refractivity contribution >= 4 is 24.1 Å². The molecule has 0 saturated carbocycles. The largest absolute Gasteiger partial charge is 0.387 e. The van der Waals surface area contributed by atoms with E-state index in [1.807, 2.05) is 26.0 Å². The monoisotopic (exact) mass is 272 g/mol. The Kier molecular flexibility index (Phi) is 3.33. The summed E-state index contributed by atoms with van der Waals surface area (Å²) in [6.45, 7) is 3.72. The second-order valence-electron chi connectivity index (χ2n) is 5.60. The van der Waals surface area contributed by atoms with Crippen LogP contribution in [0.1, 0.15) is 13.8 Å². The van der Waals surface area contributed by atoms with Crippen LogP contribution in [0.25, 0.3) is 0 Å². The summed E-state index contributed by atoms with van der Waals surface area (Å²) < 4.78 is 0. The van der Waals surface area contributed by atoms with Crippen molar-refractivity contribution in [2.75, 3.05) is 0 Å². The number of nitrogens with two attached hydrogens (primary N) is 2. The van der Waals surface area contributed by atoms with Crippen molar-refractivity contribution in [1.29, 1.82) is 10.8 Å². The molecule has 0 aromatic carbocycles. The molecule has 0 bridgehead atoms. The first-order valence-electron chi connectivity index (χ1n) is 6.43. The van der Waals surface area contributed by atoms with E-state index in [0.29, 0.717) is 0 Å². The Hall–Kier alpha value is -2.24. The highest BCUT2D eigenvalue weighted by Crippen LogP contribution is 2.40. The molecule has 6 N–H and O–H groups in total. The molecule has 0 amide bonds. The van der Waals surface area contributed by atoms with E-state index in [9.17, 15) is 0 Å². The molecular formula is C14H20N6. The number of aliphatic imine (C=N–C) groups is 2. The van der Waals surface area contributed by atoms with Crippen LogP contribution in [-0.2, 0) is 0 Å². The Morgan fingerprint density at radius 1 is 0.900 bits per heavy atom. The number of hydrogen-bond donors (Lipinski definition) is 4. The number of nitrogens with one attached hydrogen (secondary N) is 2. The third-order valence-electron chi connectivity index (χ3n) is 4.24. The minimum absolute atomic E-state index is 0.0336. The van der Waals surface area contributed by atoms with E-state index in [2.05, 4.69) is 9.98 Å². The van der Waals surface area contributed by atoms with Gasteiger partial charge in [-0.05, 0) is 26.0 Å². The molecule has 0 spiro atoms. The Morgan fingerprint density at radius 2 is 1.25 bits per heavy atom. The molecule has 0 aromatic rings. The lowest BCUT2D eigenvalue weighted by Crippen LogP contribution is -2.56. The van der Waals surface area contributed by atoms with Crippen molar-refractivity contribution in [2.24, 2.45) is 32.3 Å². The van der Waals surface area contributed by atoms with Gasteiger partial charge in [-0.3, -0.25) is 20.8 Å². The summed E-state index contributed by atoms with van der Waals surface area (Å²) in [7, 11) is 0. The van der Waals surface area contributed by atoms with E-state index in [1.165, 1.54) is 0 Å². The van der Waals surface area contributed by atoms with Crippen LogP contribution in [0.5, 0.6) is 0 Å². The zero-order valence-electron chi connectivity index (χ0n) is 11.7. The zero-order chi connectivity index (χ0) is 15.0. The maximum Gasteiger partial charge on any atom is 0.103 e. The predicted molar refractivity (Wildman–Crippen MR) is 82.9 cm³/mol. The van der Waals surface area contributed by atoms with E-state index in [-0.39, 0.29) is 23.8 Å². The second kappa shape index (κ2) is 4.70. The Balaban J connectivity index is 2.48. The molecule has 2 rings (SSSR count). The highest BCUT2D eigenvalue weighted by atomic mass is 15.0. The van der Waals surface area contributed by atoms with Crippen LogP contribution < -0.4 is 11.5 Å². The summed E-state index contributed by atoms with van der Waals surface area (Å²) in [4.78, 5) is 8.95. The third-order valence-corrected chi connectivity index (χ3v) is 4.24. The maximum atomic E-state index is 7.87. The van der Waals surface area contributed by atoms with E-state index in [4.69, 9.17) is 22.3 Å². The molecule has 6 nitrogen and oxygen atoms in total. The van der Waals surface area contributed by atoms with E-state index >= 15 is 0 Å². The van der Waals surface area contributed by atoms with Crippen LogP contribution in [0.3, 0.4) is 0 Å². The van der Waals surface area contributed by atoms with E-state index < -0.39 is 10.8 Å². The lowest BCUT2D eigenvalue weighted by atomic mass is 9.67. The summed E-state index contributed by atoms with van der Waals surface area (Å²) >= 11 is 0. The Bertz CT molecular complexity index is 508. The van der Waals surface area contributed by atoms with Crippen LogP contribution in [0.2, 0.25) is 0 Å². The first-order valence-corrected chi connectivity index (χ1v) is 6.43. The van der Waals surface area contributed by atoms with Gasteiger partial charge in [0.25, 0.3) is 0 Å². The number of dihydropyridines is 2. The normalized spacial score (nSPS) is 38.9. The fourth-order valence-corrected chi connectivity index (χ4v) is 2.59. The molecule has 106 valence electrons. The molecule has 4 atom stereocenters. The summed E-state index contributed by atoms with van der Waals surface area (Å²) in [5.74, 6) is 0.0671. The number of rotatable bonds is 3. The van der Waals surface area contributed by atoms with Crippen molar-refractivity contribution in [3.05, 3.63) is 24.3 Å². The first-order chi connectivity index (χ1) is 9.32. The number of amidine groups is 2. The van der Waals surface area contributed by atoms with E-state index in [1.54, 1.807) is 24.6 Å². The van der Waals surface area contributed by atoms with Gasteiger partial charge in [0.05, 0.1) is 22.9 Å². The molecule has 6 heteroatoms. The van der Waals surface area contributed by atoms with Crippen LogP contribution in [-0.4, -0.2) is 36.2 Å². The van der Waals surface area contributed by atoms with Crippen LogP contribution >= 0.6 is 0 Å². The molecule has 0 aromatic heterocycles. The molecule has 20 heavy (non-hydrogen) atoms. The summed E-state index contributed by atoms with van der Waals surface area (Å²) in [5.41, 5.74) is 10.1. The number of allylic oxidation sites excluding steroid dienone is 2. The van der Waals surface area contributed by atoms with Gasteiger partial charge in [-0.1, -0.05) is 12.2 Å². The molecule has 0 saturated heterocycles. The summed E-state index contributed by atoms with van der Waals surface area (Å²) in [6.07, 6.45) is 10.7. The lowest BCUT2D eigenvalue weighted by molar-refractivity contribution is 0.304. The molecular weight excluding hydrogens is 252 g/mol. The predicted octanol–water partition coefficient (Wildman–Crippen LogP) is 0.889. The van der Waals surface area contributed by atoms with Crippen molar-refractivity contribution in [3.63, 3.8) is 0 Å². The van der Waals surface area contributed by atoms with Gasteiger partial charge in [0.1, 0.15) is 11.7 Å². The molecule has 0 aliphatic carbocycles. The average molecular weight is 272 g/mol. The topological polar surface area (TPSA) is 124 Å². The minimum atomic E-state index is -0.724. The van der Waals surface area contributed by atoms with E-state index in [0.717, 1.165) is 0 Å². The van der Waals surface area contributed by atoms with Gasteiger partial charge < -0.3 is 11.5 Å². The van der Waals surface area contributed by atoms with Crippen molar-refractivity contribution in [2.45, 2.75) is 25.9 Å². The Morgan fingerprint density at radius 3 is 1.55 bits per heavy atom. The fourth-order valence-electron chi connectivity index (χ4n) is 2.59. The number of hydrogen-bond acceptors (Lipinski definition) is 4. The molecule has 2 aliphatic rings. The highest BCUT2D eigenvalue weighted by molar-refractivity contribution is 5.92. The SMILES string of the molecule is CC1(C(=N)N)C=CC=NC1C1N=CC=CC1(C)C(=N)N. The summed E-state index contributed by atoms with van der Waals surface area (Å²) in [6, 6.07) is -0.722. The molecule has 0 fully saturated rings. The third kappa shape index (κ3) is 1.97. The minimum Gasteiger partial charge on any atom is -0.387 e. The highest BCUT2D eigenvalue weighted by Gasteiger charge is 2.49. The van der Waals surface area contributed by atoms with Gasteiger partial charge in [0.2, 0.25) is 0 Å². The maximum absolute atomic E-state index is 7.87. The fraction of sp³-hybridized carbons (Fsp3) is 0.429. The van der Waals surface area contributed by atoms with Gasteiger partial charge in [-0.25, -0.2) is 0 Å². The van der Waals surface area contributed by atoms with Crippen LogP contribution in [0.15, 0.2) is 34.3 Å². The van der Waals surface area contributed by atoms with Crippen molar-refractivity contribution < 1.29 is 0 Å². The number of nitrogens with zero attached hydrogens (tertiary/aromatic N) is 2. The van der Waals surface area contributed by atoms with Crippen LogP contribution in [0, 0.1) is 21.6 Å². The molecule has 2 aliphatic heterocycles. The van der Waals surface area contributed by atoms with Gasteiger partial charge in [-0.2, -0.15) is 0 Å². The van der Waals surface area contributed by atoms with Gasteiger partial charge >= 0.3 is 0 Å². The molecule has 4 unspecified atom stereocenters. The standard InChI is InChI=1S/C14H20N6/c1-13(11(15)16)5-3-7-19-9(13)10-14(2,12(17)18)6-4-8-20-10/h3-10H,1-2H3,(H3,15,16)(H3,17,18). The molecule has 0 radical (unpaired) electrons. The smallest absolute Gasteiger partial charge is 0.103 e. The second-order valence-corrected chi connectivity index (χ2v) is 5.60. The van der Waals surface area contributed by atoms with Crippen molar-refractivity contribution in [1.82, 2.24) is 0 Å². The lowest BCUT2D eigenvalue weighted by Gasteiger charge is -2.43. The van der Waals surface area contributed by atoms with Crippen molar-refractivity contribution in [3.8, 4) is 0 Å². The average Bonchev–Trinajstić information content (AvgIpc) is 2.40. The summed E-state index contributed by atoms with van der Waals surface area (Å²) in [5, 5.41) is 15.7. The van der Waals surface area contributed by atoms with Crippen LogP contribution in [0.4, 0.5) is 0 Å². The van der Waals surface area contributed by atoms with Gasteiger partial charge in [0.15, 0.2) is 0 Å². The van der Waals surface area contributed by atoms with Gasteiger partial charge in [0, 0.05) is 12.4 Å². The Labute approximate surface area is 118 Å². The zero-order valence-corrected chi connectivity index (χ0v) is 11.7. The first kappa shape index (κ1) is 14.2. The van der Waals surface area contributed by atoms with Gasteiger partial charge in [-0.15, -0.1) is 0 Å².